The Kier molecular flexibility index (Phi) is 4.50. The van der Waals surface area contributed by atoms with Crippen molar-refractivity contribution in [3.63, 3.8) is 0 Å². The Hall–Kier alpha value is -1.35. The molecule has 0 heterocycles. The summed E-state index contributed by atoms with van der Waals surface area (Å²) in [6.45, 7) is 4.36. The molecule has 0 aliphatic heterocycles. The van der Waals surface area contributed by atoms with E-state index in [9.17, 15) is 4.79 Å². The smallest absolute Gasteiger partial charge is 0.308 e. The highest BCUT2D eigenvalue weighted by molar-refractivity contribution is 5.70. The number of ether oxygens (including phenoxy) is 1. The minimum atomic E-state index is -0.267. The molecule has 0 saturated heterocycles. The molecule has 0 fully saturated rings. The average molecular weight is 221 g/mol. The number of esters is 1. The number of benzene rings is 1. The van der Waals surface area contributed by atoms with Gasteiger partial charge in [-0.05, 0) is 37.7 Å². The van der Waals surface area contributed by atoms with E-state index in [1.165, 1.54) is 12.5 Å². The minimum Gasteiger partial charge on any atom is -0.426 e. The zero-order chi connectivity index (χ0) is 12.1. The molecule has 0 bridgehead atoms. The molecule has 1 aromatic carbocycles. The number of rotatable bonds is 4. The second-order valence-corrected chi connectivity index (χ2v) is 4.08. The fourth-order valence-corrected chi connectivity index (χ4v) is 1.75. The molecule has 16 heavy (non-hydrogen) atoms. The molecule has 0 N–H and O–H groups in total. The van der Waals surface area contributed by atoms with Crippen LogP contribution in [0, 0.1) is 0 Å². The predicted molar refractivity (Wildman–Crippen MR) is 64.5 cm³/mol. The third-order valence-corrected chi connectivity index (χ3v) is 2.32. The van der Waals surface area contributed by atoms with E-state index in [4.69, 9.17) is 4.74 Å². The van der Waals surface area contributed by atoms with Crippen LogP contribution < -0.4 is 4.74 Å². The number of hydrogen-bond donors (Lipinski definition) is 0. The first-order valence-electron chi connectivity index (χ1n) is 5.48. The molecule has 0 aliphatic rings. The minimum absolute atomic E-state index is 0.267. The summed E-state index contributed by atoms with van der Waals surface area (Å²) in [4.78, 5) is 13.1. The second kappa shape index (κ2) is 5.66. The molecular weight excluding hydrogens is 202 g/mol. The van der Waals surface area contributed by atoms with Crippen molar-refractivity contribution >= 4 is 5.97 Å². The van der Waals surface area contributed by atoms with Crippen molar-refractivity contribution in [3.8, 4) is 5.75 Å². The van der Waals surface area contributed by atoms with Crippen LogP contribution in [0.3, 0.4) is 0 Å². The zero-order valence-corrected chi connectivity index (χ0v) is 10.4. The first-order valence-corrected chi connectivity index (χ1v) is 5.48. The highest BCUT2D eigenvalue weighted by Gasteiger charge is 2.09. The Labute approximate surface area is 97.0 Å². The van der Waals surface area contributed by atoms with Gasteiger partial charge in [0.1, 0.15) is 5.75 Å². The summed E-state index contributed by atoms with van der Waals surface area (Å²) in [7, 11) is 4.05. The van der Waals surface area contributed by atoms with E-state index in [0.29, 0.717) is 5.75 Å². The Bertz CT molecular complexity index is 372. The lowest BCUT2D eigenvalue weighted by molar-refractivity contribution is -0.131. The van der Waals surface area contributed by atoms with Crippen molar-refractivity contribution in [1.82, 2.24) is 4.90 Å². The molecule has 3 heteroatoms. The van der Waals surface area contributed by atoms with Gasteiger partial charge in [0.15, 0.2) is 0 Å². The molecule has 88 valence electrons. The van der Waals surface area contributed by atoms with Gasteiger partial charge >= 0.3 is 5.97 Å². The first kappa shape index (κ1) is 12.7. The second-order valence-electron chi connectivity index (χ2n) is 4.08. The van der Waals surface area contributed by atoms with Crippen molar-refractivity contribution < 1.29 is 9.53 Å². The fourth-order valence-electron chi connectivity index (χ4n) is 1.75. The topological polar surface area (TPSA) is 29.5 Å². The lowest BCUT2D eigenvalue weighted by Crippen LogP contribution is -2.13. The van der Waals surface area contributed by atoms with Crippen molar-refractivity contribution in [3.05, 3.63) is 29.3 Å². The van der Waals surface area contributed by atoms with Crippen LogP contribution >= 0.6 is 0 Å². The van der Waals surface area contributed by atoms with Gasteiger partial charge in [0.25, 0.3) is 0 Å². The lowest BCUT2D eigenvalue weighted by atomic mass is 10.0. The molecule has 0 aliphatic carbocycles. The zero-order valence-electron chi connectivity index (χ0n) is 10.4. The summed E-state index contributed by atoms with van der Waals surface area (Å²) < 4.78 is 5.20. The van der Waals surface area contributed by atoms with Crippen molar-refractivity contribution in [1.29, 1.82) is 0 Å². The number of carbonyl (C=O) groups excluding carboxylic acids is 1. The van der Waals surface area contributed by atoms with Crippen LogP contribution in [0.5, 0.6) is 5.75 Å². The van der Waals surface area contributed by atoms with Crippen LogP contribution in [-0.2, 0) is 17.8 Å². The van der Waals surface area contributed by atoms with Crippen LogP contribution in [0.2, 0.25) is 0 Å². The highest BCUT2D eigenvalue weighted by atomic mass is 16.5. The molecule has 0 amide bonds. The molecule has 0 unspecified atom stereocenters. The van der Waals surface area contributed by atoms with E-state index in [1.54, 1.807) is 0 Å². The Morgan fingerprint density at radius 1 is 1.38 bits per heavy atom. The van der Waals surface area contributed by atoms with E-state index in [-0.39, 0.29) is 5.97 Å². The maximum absolute atomic E-state index is 11.0. The molecule has 0 atom stereocenters. The van der Waals surface area contributed by atoms with Gasteiger partial charge in [0.2, 0.25) is 0 Å². The fraction of sp³-hybridized carbons (Fsp3) is 0.462. The summed E-state index contributed by atoms with van der Waals surface area (Å²) in [5, 5.41) is 0. The molecular formula is C13H19NO2. The Morgan fingerprint density at radius 3 is 2.56 bits per heavy atom. The molecule has 1 aromatic rings. The standard InChI is InChI=1S/C13H19NO2/c1-5-12-11(9-14(3)4)7-6-8-13(12)16-10(2)15/h6-8H,5,9H2,1-4H3. The van der Waals surface area contributed by atoms with E-state index >= 15 is 0 Å². The third-order valence-electron chi connectivity index (χ3n) is 2.32. The maximum atomic E-state index is 11.0. The molecule has 0 saturated carbocycles. The van der Waals surface area contributed by atoms with Crippen molar-refractivity contribution in [2.45, 2.75) is 26.8 Å². The van der Waals surface area contributed by atoms with Gasteiger partial charge in [-0.2, -0.15) is 0 Å². The van der Waals surface area contributed by atoms with Gasteiger partial charge in [-0.3, -0.25) is 4.79 Å². The van der Waals surface area contributed by atoms with Crippen molar-refractivity contribution in [2.75, 3.05) is 14.1 Å². The van der Waals surface area contributed by atoms with E-state index in [2.05, 4.69) is 17.9 Å². The summed E-state index contributed by atoms with van der Waals surface area (Å²) in [6.07, 6.45) is 0.868. The maximum Gasteiger partial charge on any atom is 0.308 e. The van der Waals surface area contributed by atoms with Gasteiger partial charge in [0, 0.05) is 13.5 Å². The summed E-state index contributed by atoms with van der Waals surface area (Å²) in [6, 6.07) is 5.85. The van der Waals surface area contributed by atoms with Gasteiger partial charge < -0.3 is 9.64 Å². The average Bonchev–Trinajstić information content (AvgIpc) is 2.16. The quantitative estimate of drug-likeness (QED) is 0.577. The van der Waals surface area contributed by atoms with E-state index < -0.39 is 0 Å². The Morgan fingerprint density at radius 2 is 2.06 bits per heavy atom. The number of nitrogens with zero attached hydrogens (tertiary/aromatic N) is 1. The molecule has 0 spiro atoms. The van der Waals surface area contributed by atoms with Crippen LogP contribution in [0.1, 0.15) is 25.0 Å². The first-order chi connectivity index (χ1) is 7.54. The number of carbonyl (C=O) groups is 1. The molecule has 0 aromatic heterocycles. The molecule has 3 nitrogen and oxygen atoms in total. The van der Waals surface area contributed by atoms with Crippen molar-refractivity contribution in [2.24, 2.45) is 0 Å². The van der Waals surface area contributed by atoms with Gasteiger partial charge in [-0.25, -0.2) is 0 Å². The third kappa shape index (κ3) is 3.35. The summed E-state index contributed by atoms with van der Waals surface area (Å²) >= 11 is 0. The normalized spacial score (nSPS) is 10.6. The number of hydrogen-bond acceptors (Lipinski definition) is 3. The van der Waals surface area contributed by atoms with Crippen LogP contribution in [0.15, 0.2) is 18.2 Å². The summed E-state index contributed by atoms with van der Waals surface area (Å²) in [5.74, 6) is 0.422. The SMILES string of the molecule is CCc1c(CN(C)C)cccc1OC(C)=O. The van der Waals surface area contributed by atoms with Gasteiger partial charge in [0.05, 0.1) is 0 Å². The largest absolute Gasteiger partial charge is 0.426 e. The lowest BCUT2D eigenvalue weighted by Gasteiger charge is -2.16. The molecule has 1 rings (SSSR count). The molecule has 0 radical (unpaired) electrons. The Balaban J connectivity index is 3.04. The van der Waals surface area contributed by atoms with E-state index in [1.807, 2.05) is 26.2 Å². The van der Waals surface area contributed by atoms with Crippen LogP contribution in [-0.4, -0.2) is 25.0 Å². The predicted octanol–water partition coefficient (Wildman–Crippen LogP) is 2.24. The summed E-state index contributed by atoms with van der Waals surface area (Å²) in [5.41, 5.74) is 2.33. The highest BCUT2D eigenvalue weighted by Crippen LogP contribution is 2.24. The van der Waals surface area contributed by atoms with Crippen LogP contribution in [0.4, 0.5) is 0 Å². The van der Waals surface area contributed by atoms with E-state index in [0.717, 1.165) is 18.5 Å². The van der Waals surface area contributed by atoms with Gasteiger partial charge in [-0.15, -0.1) is 0 Å². The van der Waals surface area contributed by atoms with Crippen LogP contribution in [0.25, 0.3) is 0 Å². The van der Waals surface area contributed by atoms with Gasteiger partial charge in [-0.1, -0.05) is 19.1 Å². The monoisotopic (exact) mass is 221 g/mol.